The summed E-state index contributed by atoms with van der Waals surface area (Å²) in [6.07, 6.45) is 3.49. The number of quaternary nitrogens is 1. The summed E-state index contributed by atoms with van der Waals surface area (Å²) in [5.41, 5.74) is 1.21. The summed E-state index contributed by atoms with van der Waals surface area (Å²) in [6, 6.07) is 8.67. The second kappa shape index (κ2) is 8.58. The number of carbonyl (C=O) groups is 1. The highest BCUT2D eigenvalue weighted by Gasteiger charge is 2.25. The molecule has 0 spiro atoms. The van der Waals surface area contributed by atoms with E-state index in [1.807, 2.05) is 12.1 Å². The van der Waals surface area contributed by atoms with Crippen molar-refractivity contribution in [3.05, 3.63) is 60.2 Å². The highest BCUT2D eigenvalue weighted by atomic mass is 32.2. The molecule has 1 saturated heterocycles. The molecule has 6 nitrogen and oxygen atoms in total. The standard InChI is InChI=1S/C19H22FN3O3S/c20-17-1-3-18(4-2-17)27(25,26)14-7-19(24)23-12-10-22(11-13-23)15-16-5-8-21-9-6-16/h1-6,8-9H,7,10-15H2/p+1. The Kier molecular flexibility index (Phi) is 6.18. The summed E-state index contributed by atoms with van der Waals surface area (Å²) in [7, 11) is -3.59. The van der Waals surface area contributed by atoms with Crippen molar-refractivity contribution in [2.24, 2.45) is 0 Å². The molecular formula is C19H23FN3O3S+. The lowest BCUT2D eigenvalue weighted by Crippen LogP contribution is -3.13. The number of benzene rings is 1. The largest absolute Gasteiger partial charge is 0.331 e. The van der Waals surface area contributed by atoms with Gasteiger partial charge in [0, 0.05) is 24.4 Å². The van der Waals surface area contributed by atoms with Crippen molar-refractivity contribution < 1.29 is 22.5 Å². The lowest BCUT2D eigenvalue weighted by Gasteiger charge is -2.32. The molecule has 8 heteroatoms. The molecule has 2 heterocycles. The first kappa shape index (κ1) is 19.4. The Morgan fingerprint density at radius 1 is 1.07 bits per heavy atom. The molecule has 0 aliphatic carbocycles. The number of aromatic nitrogens is 1. The first-order valence-electron chi connectivity index (χ1n) is 8.92. The molecule has 0 bridgehead atoms. The van der Waals surface area contributed by atoms with Crippen LogP contribution in [0, 0.1) is 5.82 Å². The monoisotopic (exact) mass is 392 g/mol. The van der Waals surface area contributed by atoms with Crippen LogP contribution in [-0.4, -0.2) is 56.1 Å². The van der Waals surface area contributed by atoms with Gasteiger partial charge in [-0.15, -0.1) is 0 Å². The SMILES string of the molecule is O=C(CCS(=O)(=O)c1ccc(F)cc1)N1CC[NH+](Cc2ccncc2)CC1. The second-order valence-corrected chi connectivity index (χ2v) is 8.79. The molecule has 0 radical (unpaired) electrons. The third-order valence-corrected chi connectivity index (χ3v) is 6.52. The number of rotatable bonds is 6. The van der Waals surface area contributed by atoms with E-state index in [9.17, 15) is 17.6 Å². The van der Waals surface area contributed by atoms with E-state index in [0.29, 0.717) is 13.1 Å². The minimum atomic E-state index is -3.59. The van der Waals surface area contributed by atoms with Crippen LogP contribution in [0.5, 0.6) is 0 Å². The van der Waals surface area contributed by atoms with Gasteiger partial charge >= 0.3 is 0 Å². The van der Waals surface area contributed by atoms with Crippen molar-refractivity contribution in [3.8, 4) is 0 Å². The Hall–Kier alpha value is -2.32. The third-order valence-electron chi connectivity index (χ3n) is 4.78. The summed E-state index contributed by atoms with van der Waals surface area (Å²) in [5.74, 6) is -0.900. The van der Waals surface area contributed by atoms with Gasteiger partial charge < -0.3 is 9.80 Å². The second-order valence-electron chi connectivity index (χ2n) is 6.69. The molecule has 0 saturated carbocycles. The van der Waals surface area contributed by atoms with E-state index in [4.69, 9.17) is 0 Å². The van der Waals surface area contributed by atoms with Gasteiger partial charge in [0.1, 0.15) is 12.4 Å². The minimum absolute atomic E-state index is 0.0447. The number of sulfone groups is 1. The molecule has 1 amide bonds. The summed E-state index contributed by atoms with van der Waals surface area (Å²) >= 11 is 0. The molecular weight excluding hydrogens is 369 g/mol. The maximum absolute atomic E-state index is 12.9. The van der Waals surface area contributed by atoms with Crippen molar-refractivity contribution in [1.82, 2.24) is 9.88 Å². The van der Waals surface area contributed by atoms with E-state index in [0.717, 1.165) is 31.8 Å². The Labute approximate surface area is 158 Å². The molecule has 1 N–H and O–H groups in total. The molecule has 1 aromatic heterocycles. The number of pyridine rings is 1. The quantitative estimate of drug-likeness (QED) is 0.719. The highest BCUT2D eigenvalue weighted by molar-refractivity contribution is 7.91. The molecule has 1 aromatic carbocycles. The van der Waals surface area contributed by atoms with Gasteiger partial charge in [0.25, 0.3) is 0 Å². The van der Waals surface area contributed by atoms with E-state index in [-0.39, 0.29) is 23.0 Å². The lowest BCUT2D eigenvalue weighted by molar-refractivity contribution is -0.917. The summed E-state index contributed by atoms with van der Waals surface area (Å²) in [5, 5.41) is 0. The van der Waals surface area contributed by atoms with Gasteiger partial charge in [-0.3, -0.25) is 9.78 Å². The molecule has 1 aliphatic rings. The Morgan fingerprint density at radius 3 is 2.33 bits per heavy atom. The molecule has 2 aromatic rings. The predicted octanol–water partition coefficient (Wildman–Crippen LogP) is 0.312. The van der Waals surface area contributed by atoms with Crippen LogP contribution >= 0.6 is 0 Å². The first-order chi connectivity index (χ1) is 12.9. The lowest BCUT2D eigenvalue weighted by atomic mass is 10.2. The summed E-state index contributed by atoms with van der Waals surface area (Å²) in [6.45, 7) is 3.80. The smallest absolute Gasteiger partial charge is 0.224 e. The average Bonchev–Trinajstić information content (AvgIpc) is 2.68. The van der Waals surface area contributed by atoms with Gasteiger partial charge in [0.2, 0.25) is 5.91 Å². The Balaban J connectivity index is 1.47. The van der Waals surface area contributed by atoms with E-state index >= 15 is 0 Å². The number of nitrogens with one attached hydrogen (secondary N) is 1. The zero-order chi connectivity index (χ0) is 19.3. The fraction of sp³-hybridized carbons (Fsp3) is 0.368. The zero-order valence-electron chi connectivity index (χ0n) is 15.0. The van der Waals surface area contributed by atoms with Gasteiger partial charge in [-0.05, 0) is 36.4 Å². The Bertz CT molecular complexity index is 865. The molecule has 3 rings (SSSR count). The molecule has 144 valence electrons. The van der Waals surface area contributed by atoms with E-state index in [1.165, 1.54) is 22.6 Å². The predicted molar refractivity (Wildman–Crippen MR) is 98.3 cm³/mol. The minimum Gasteiger partial charge on any atom is -0.331 e. The molecule has 1 fully saturated rings. The molecule has 27 heavy (non-hydrogen) atoms. The van der Waals surface area contributed by atoms with Crippen LogP contribution < -0.4 is 4.90 Å². The van der Waals surface area contributed by atoms with Crippen molar-refractivity contribution in [2.45, 2.75) is 17.9 Å². The summed E-state index contributed by atoms with van der Waals surface area (Å²) in [4.78, 5) is 19.6. The van der Waals surface area contributed by atoms with Gasteiger partial charge in [-0.2, -0.15) is 0 Å². The van der Waals surface area contributed by atoms with Crippen molar-refractivity contribution >= 4 is 15.7 Å². The maximum atomic E-state index is 12.9. The van der Waals surface area contributed by atoms with Crippen LogP contribution in [0.1, 0.15) is 12.0 Å². The third kappa shape index (κ3) is 5.33. The van der Waals surface area contributed by atoms with Gasteiger partial charge in [0.15, 0.2) is 9.84 Å². The van der Waals surface area contributed by atoms with Crippen LogP contribution in [0.2, 0.25) is 0 Å². The molecule has 1 aliphatic heterocycles. The highest BCUT2D eigenvalue weighted by Crippen LogP contribution is 2.13. The fourth-order valence-corrected chi connectivity index (χ4v) is 4.41. The number of piperazine rings is 1. The number of hydrogen-bond acceptors (Lipinski definition) is 4. The van der Waals surface area contributed by atoms with Gasteiger partial charge in [-0.25, -0.2) is 12.8 Å². The summed E-state index contributed by atoms with van der Waals surface area (Å²) < 4.78 is 37.5. The number of carbonyl (C=O) groups excluding carboxylic acids is 1. The molecule has 0 atom stereocenters. The normalized spacial score (nSPS) is 15.7. The zero-order valence-corrected chi connectivity index (χ0v) is 15.8. The van der Waals surface area contributed by atoms with Crippen LogP contribution in [0.3, 0.4) is 0 Å². The van der Waals surface area contributed by atoms with E-state index in [2.05, 4.69) is 4.98 Å². The average molecular weight is 392 g/mol. The van der Waals surface area contributed by atoms with Gasteiger partial charge in [0.05, 0.1) is 36.8 Å². The van der Waals surface area contributed by atoms with Crippen LogP contribution in [-0.2, 0) is 21.2 Å². The number of halogens is 1. The number of amides is 1. The van der Waals surface area contributed by atoms with Crippen molar-refractivity contribution in [2.75, 3.05) is 31.9 Å². The van der Waals surface area contributed by atoms with E-state index in [1.54, 1.807) is 17.3 Å². The maximum Gasteiger partial charge on any atom is 0.224 e. The fourth-order valence-electron chi connectivity index (χ4n) is 3.18. The topological polar surface area (TPSA) is 71.8 Å². The van der Waals surface area contributed by atoms with Crippen molar-refractivity contribution in [3.63, 3.8) is 0 Å². The Morgan fingerprint density at radius 2 is 1.70 bits per heavy atom. The van der Waals surface area contributed by atoms with Crippen LogP contribution in [0.15, 0.2) is 53.7 Å². The van der Waals surface area contributed by atoms with Crippen molar-refractivity contribution in [1.29, 1.82) is 0 Å². The van der Waals surface area contributed by atoms with Gasteiger partial charge in [-0.1, -0.05) is 0 Å². The van der Waals surface area contributed by atoms with E-state index < -0.39 is 15.7 Å². The number of hydrogen-bond donors (Lipinski definition) is 1. The van der Waals surface area contributed by atoms with Crippen LogP contribution in [0.4, 0.5) is 4.39 Å². The first-order valence-corrected chi connectivity index (χ1v) is 10.6. The number of nitrogens with zero attached hydrogens (tertiary/aromatic N) is 2. The molecule has 0 unspecified atom stereocenters. The van der Waals surface area contributed by atoms with Crippen LogP contribution in [0.25, 0.3) is 0 Å².